The van der Waals surface area contributed by atoms with Crippen molar-refractivity contribution >= 4 is 17.4 Å². The van der Waals surface area contributed by atoms with E-state index < -0.39 is 0 Å². The molecular weight excluding hydrogens is 324 g/mol. The van der Waals surface area contributed by atoms with E-state index in [0.29, 0.717) is 17.3 Å². The van der Waals surface area contributed by atoms with Crippen molar-refractivity contribution in [3.8, 4) is 11.3 Å². The molecule has 0 aliphatic heterocycles. The average molecular weight is 341 g/mol. The minimum atomic E-state index is -0.147. The molecule has 0 unspecified atom stereocenters. The number of nitrogens with zero attached hydrogens (tertiary/aromatic N) is 4. The summed E-state index contributed by atoms with van der Waals surface area (Å²) in [4.78, 5) is 18.4. The number of aromatic nitrogens is 3. The van der Waals surface area contributed by atoms with Gasteiger partial charge in [-0.05, 0) is 35.9 Å². The molecule has 0 amide bonds. The SMILES string of the molecule is CN(C)c1ccc(-c2ccc(=O)n(Cc3ccc(Cl)cc3)n2)cn1. The van der Waals surface area contributed by atoms with Gasteiger partial charge < -0.3 is 4.90 Å². The first-order valence-electron chi connectivity index (χ1n) is 7.49. The number of anilines is 1. The van der Waals surface area contributed by atoms with Gasteiger partial charge in [0.25, 0.3) is 5.56 Å². The first kappa shape index (κ1) is 16.2. The van der Waals surface area contributed by atoms with Gasteiger partial charge >= 0.3 is 0 Å². The molecule has 0 saturated carbocycles. The van der Waals surface area contributed by atoms with Gasteiger partial charge in [-0.1, -0.05) is 23.7 Å². The second-order valence-corrected chi connectivity index (χ2v) is 6.08. The number of hydrogen-bond donors (Lipinski definition) is 0. The van der Waals surface area contributed by atoms with Gasteiger partial charge in [0, 0.05) is 36.9 Å². The molecule has 2 heterocycles. The minimum Gasteiger partial charge on any atom is -0.363 e. The molecule has 0 radical (unpaired) electrons. The van der Waals surface area contributed by atoms with Crippen molar-refractivity contribution in [2.24, 2.45) is 0 Å². The summed E-state index contributed by atoms with van der Waals surface area (Å²) in [5.41, 5.74) is 2.39. The highest BCUT2D eigenvalue weighted by Crippen LogP contribution is 2.17. The number of pyridine rings is 1. The van der Waals surface area contributed by atoms with E-state index in [-0.39, 0.29) is 5.56 Å². The molecule has 0 aliphatic rings. The van der Waals surface area contributed by atoms with Crippen LogP contribution in [0.15, 0.2) is 59.5 Å². The van der Waals surface area contributed by atoms with E-state index in [1.807, 2.05) is 43.3 Å². The predicted molar refractivity (Wildman–Crippen MR) is 96.6 cm³/mol. The lowest BCUT2D eigenvalue weighted by Crippen LogP contribution is -2.22. The highest BCUT2D eigenvalue weighted by Gasteiger charge is 2.06. The summed E-state index contributed by atoms with van der Waals surface area (Å²) in [5.74, 6) is 0.869. The van der Waals surface area contributed by atoms with Crippen LogP contribution in [0.4, 0.5) is 5.82 Å². The normalized spacial score (nSPS) is 10.6. The van der Waals surface area contributed by atoms with Crippen LogP contribution < -0.4 is 10.5 Å². The van der Waals surface area contributed by atoms with Crippen molar-refractivity contribution in [3.05, 3.63) is 75.7 Å². The van der Waals surface area contributed by atoms with Crippen LogP contribution in [0.25, 0.3) is 11.3 Å². The molecule has 5 nitrogen and oxygen atoms in total. The fraction of sp³-hybridized carbons (Fsp3) is 0.167. The Balaban J connectivity index is 1.90. The average Bonchev–Trinajstić information content (AvgIpc) is 2.59. The van der Waals surface area contributed by atoms with Crippen molar-refractivity contribution in [3.63, 3.8) is 0 Å². The van der Waals surface area contributed by atoms with Crippen LogP contribution in [0.1, 0.15) is 5.56 Å². The molecule has 0 bridgehead atoms. The number of halogens is 1. The van der Waals surface area contributed by atoms with E-state index >= 15 is 0 Å². The first-order valence-corrected chi connectivity index (χ1v) is 7.87. The molecule has 0 aliphatic carbocycles. The molecule has 24 heavy (non-hydrogen) atoms. The minimum absolute atomic E-state index is 0.147. The molecule has 1 aromatic carbocycles. The Bertz CT molecular complexity index is 886. The van der Waals surface area contributed by atoms with Crippen LogP contribution in [0, 0.1) is 0 Å². The summed E-state index contributed by atoms with van der Waals surface area (Å²) in [6, 6.07) is 14.5. The fourth-order valence-electron chi connectivity index (χ4n) is 2.28. The van der Waals surface area contributed by atoms with E-state index in [2.05, 4.69) is 10.1 Å². The Morgan fingerprint density at radius 1 is 1.04 bits per heavy atom. The van der Waals surface area contributed by atoms with Gasteiger partial charge in [0.1, 0.15) is 5.82 Å². The van der Waals surface area contributed by atoms with Crippen molar-refractivity contribution in [2.45, 2.75) is 6.54 Å². The van der Waals surface area contributed by atoms with Crippen LogP contribution in [0.5, 0.6) is 0 Å². The highest BCUT2D eigenvalue weighted by atomic mass is 35.5. The van der Waals surface area contributed by atoms with E-state index in [1.165, 1.54) is 10.7 Å². The van der Waals surface area contributed by atoms with E-state index in [0.717, 1.165) is 16.9 Å². The van der Waals surface area contributed by atoms with Crippen molar-refractivity contribution in [2.75, 3.05) is 19.0 Å². The zero-order valence-electron chi connectivity index (χ0n) is 13.5. The van der Waals surface area contributed by atoms with Crippen LogP contribution in [-0.4, -0.2) is 28.9 Å². The topological polar surface area (TPSA) is 51.0 Å². The Hall–Kier alpha value is -2.66. The second-order valence-electron chi connectivity index (χ2n) is 5.64. The lowest BCUT2D eigenvalue weighted by molar-refractivity contribution is 0.642. The van der Waals surface area contributed by atoms with Gasteiger partial charge in [0.2, 0.25) is 0 Å². The summed E-state index contributed by atoms with van der Waals surface area (Å²) in [6.45, 7) is 0.396. The number of rotatable bonds is 4. The zero-order chi connectivity index (χ0) is 17.1. The maximum absolute atomic E-state index is 12.1. The van der Waals surface area contributed by atoms with Crippen LogP contribution in [0.2, 0.25) is 5.02 Å². The molecule has 0 saturated heterocycles. The van der Waals surface area contributed by atoms with Gasteiger partial charge in [-0.2, -0.15) is 5.10 Å². The Kier molecular flexibility index (Phi) is 4.62. The Morgan fingerprint density at radius 3 is 2.42 bits per heavy atom. The van der Waals surface area contributed by atoms with Crippen LogP contribution >= 0.6 is 11.6 Å². The predicted octanol–water partition coefficient (Wildman–Crippen LogP) is 3.07. The molecule has 3 aromatic rings. The fourth-order valence-corrected chi connectivity index (χ4v) is 2.41. The lowest BCUT2D eigenvalue weighted by atomic mass is 10.2. The third-order valence-corrected chi connectivity index (χ3v) is 3.87. The molecule has 0 spiro atoms. The summed E-state index contributed by atoms with van der Waals surface area (Å²) in [5, 5.41) is 5.12. The van der Waals surface area contributed by atoms with Gasteiger partial charge in [0.05, 0.1) is 12.2 Å². The van der Waals surface area contributed by atoms with Crippen molar-refractivity contribution < 1.29 is 0 Å². The monoisotopic (exact) mass is 340 g/mol. The summed E-state index contributed by atoms with van der Waals surface area (Å²) in [7, 11) is 3.87. The third-order valence-electron chi connectivity index (χ3n) is 3.61. The molecule has 6 heteroatoms. The third kappa shape index (κ3) is 3.63. The first-order chi connectivity index (χ1) is 11.5. The van der Waals surface area contributed by atoms with E-state index in [1.54, 1.807) is 24.4 Å². The molecule has 3 rings (SSSR count). The molecule has 122 valence electrons. The van der Waals surface area contributed by atoms with Crippen LogP contribution in [0.3, 0.4) is 0 Å². The molecule has 2 aromatic heterocycles. The van der Waals surface area contributed by atoms with Crippen LogP contribution in [-0.2, 0) is 6.54 Å². The summed E-state index contributed by atoms with van der Waals surface area (Å²) in [6.07, 6.45) is 1.76. The van der Waals surface area contributed by atoms with Crippen molar-refractivity contribution in [1.29, 1.82) is 0 Å². The maximum atomic E-state index is 12.1. The Labute approximate surface area is 145 Å². The van der Waals surface area contributed by atoms with E-state index in [4.69, 9.17) is 11.6 Å². The standard InChI is InChI=1S/C18H17ClN4O/c1-22(2)17-9-5-14(11-20-17)16-8-10-18(24)23(21-16)12-13-3-6-15(19)7-4-13/h3-11H,12H2,1-2H3. The molecule has 0 fully saturated rings. The number of hydrogen-bond acceptors (Lipinski definition) is 4. The zero-order valence-corrected chi connectivity index (χ0v) is 14.2. The molecule has 0 atom stereocenters. The van der Waals surface area contributed by atoms with Gasteiger partial charge in [-0.3, -0.25) is 4.79 Å². The lowest BCUT2D eigenvalue weighted by Gasteiger charge is -2.11. The maximum Gasteiger partial charge on any atom is 0.267 e. The van der Waals surface area contributed by atoms with E-state index in [9.17, 15) is 4.79 Å². The quantitative estimate of drug-likeness (QED) is 0.732. The molecular formula is C18H17ClN4O. The van der Waals surface area contributed by atoms with Gasteiger partial charge in [0.15, 0.2) is 0 Å². The van der Waals surface area contributed by atoms with Crippen molar-refractivity contribution in [1.82, 2.24) is 14.8 Å². The second kappa shape index (κ2) is 6.84. The summed E-state index contributed by atoms with van der Waals surface area (Å²) >= 11 is 5.89. The molecule has 0 N–H and O–H groups in total. The smallest absolute Gasteiger partial charge is 0.267 e. The van der Waals surface area contributed by atoms with Gasteiger partial charge in [-0.15, -0.1) is 0 Å². The summed E-state index contributed by atoms with van der Waals surface area (Å²) < 4.78 is 1.44. The largest absolute Gasteiger partial charge is 0.363 e. The van der Waals surface area contributed by atoms with Gasteiger partial charge in [-0.25, -0.2) is 9.67 Å². The number of benzene rings is 1. The Morgan fingerprint density at radius 2 is 1.79 bits per heavy atom. The highest BCUT2D eigenvalue weighted by molar-refractivity contribution is 6.30.